The third-order valence-electron chi connectivity index (χ3n) is 6.71. The molecule has 0 saturated carbocycles. The van der Waals surface area contributed by atoms with Crippen molar-refractivity contribution in [3.63, 3.8) is 0 Å². The fourth-order valence-electron chi connectivity index (χ4n) is 4.97. The number of Topliss-reactive ketones (excluding diaryl/α,β-unsaturated/α-hetero) is 1. The van der Waals surface area contributed by atoms with Crippen molar-refractivity contribution in [2.24, 2.45) is 5.92 Å². The first kappa shape index (κ1) is 38.6. The fraction of sp³-hybridized carbons (Fsp3) is 0.500. The van der Waals surface area contributed by atoms with E-state index < -0.39 is 0 Å². The van der Waals surface area contributed by atoms with Gasteiger partial charge in [-0.25, -0.2) is 0 Å². The normalized spacial score (nSPS) is 11.4. The molecule has 0 aliphatic heterocycles. The molecular formula is C38H57N3O. The minimum Gasteiger partial charge on any atom is -0.364 e. The number of ketones is 1. The molecule has 0 saturated heterocycles. The Morgan fingerprint density at radius 2 is 1.55 bits per heavy atom. The first-order chi connectivity index (χ1) is 20.0. The summed E-state index contributed by atoms with van der Waals surface area (Å²) in [7, 11) is 0. The van der Waals surface area contributed by atoms with E-state index in [1.807, 2.05) is 45.3 Å². The van der Waals surface area contributed by atoms with Crippen molar-refractivity contribution in [1.82, 2.24) is 4.98 Å². The second-order valence-electron chi connectivity index (χ2n) is 11.5. The number of carbonyl (C=O) groups excluding carboxylic acids is 1. The number of hydrogen-bond donors (Lipinski definition) is 0. The Kier molecular flexibility index (Phi) is 21.2. The number of nitrogens with zero attached hydrogens (tertiary/aromatic N) is 3. The first-order valence-electron chi connectivity index (χ1n) is 15.6. The highest BCUT2D eigenvalue weighted by Gasteiger charge is 2.18. The number of nitriles is 1. The summed E-state index contributed by atoms with van der Waals surface area (Å²) in [5.41, 5.74) is 5.85. The number of anilines is 1. The van der Waals surface area contributed by atoms with Gasteiger partial charge in [-0.15, -0.1) is 0 Å². The summed E-state index contributed by atoms with van der Waals surface area (Å²) in [5, 5.41) is 8.52. The molecule has 0 fully saturated rings. The number of carbonyl (C=O) groups is 1. The number of benzene rings is 1. The van der Waals surface area contributed by atoms with E-state index in [1.165, 1.54) is 56.7 Å². The van der Waals surface area contributed by atoms with Crippen molar-refractivity contribution in [1.29, 1.82) is 5.26 Å². The molecule has 0 bridgehead atoms. The molecule has 0 aliphatic carbocycles. The van der Waals surface area contributed by atoms with E-state index >= 15 is 0 Å². The van der Waals surface area contributed by atoms with E-state index in [4.69, 9.17) is 5.26 Å². The molecule has 42 heavy (non-hydrogen) atoms. The van der Waals surface area contributed by atoms with Crippen molar-refractivity contribution in [3.8, 4) is 6.07 Å². The summed E-state index contributed by atoms with van der Waals surface area (Å²) in [6.45, 7) is 23.1. The molecule has 4 heteroatoms. The third kappa shape index (κ3) is 16.7. The van der Waals surface area contributed by atoms with Gasteiger partial charge in [0.25, 0.3) is 0 Å². The monoisotopic (exact) mass is 571 g/mol. The predicted octanol–water partition coefficient (Wildman–Crippen LogP) is 10.8. The lowest BCUT2D eigenvalue weighted by molar-refractivity contribution is -0.113. The Morgan fingerprint density at radius 1 is 0.952 bits per heavy atom. The van der Waals surface area contributed by atoms with Crippen LogP contribution in [0.25, 0.3) is 0 Å². The Bertz CT molecular complexity index is 1100. The van der Waals surface area contributed by atoms with E-state index in [0.29, 0.717) is 18.0 Å². The van der Waals surface area contributed by atoms with Crippen LogP contribution in [-0.2, 0) is 11.3 Å². The van der Waals surface area contributed by atoms with Crippen LogP contribution in [0.3, 0.4) is 0 Å². The summed E-state index contributed by atoms with van der Waals surface area (Å²) >= 11 is 0. The number of hydrogen-bond acceptors (Lipinski definition) is 4. The quantitative estimate of drug-likeness (QED) is 0.167. The number of aromatic nitrogens is 1. The molecule has 0 spiro atoms. The van der Waals surface area contributed by atoms with Gasteiger partial charge in [-0.1, -0.05) is 103 Å². The van der Waals surface area contributed by atoms with Crippen LogP contribution in [0, 0.1) is 17.2 Å². The maximum Gasteiger partial charge on any atom is 0.160 e. The topological polar surface area (TPSA) is 57.0 Å². The van der Waals surface area contributed by atoms with Crippen LogP contribution in [0.1, 0.15) is 113 Å². The number of pyridine rings is 1. The summed E-state index contributed by atoms with van der Waals surface area (Å²) in [6, 6.07) is 17.6. The molecular weight excluding hydrogens is 514 g/mol. The summed E-state index contributed by atoms with van der Waals surface area (Å²) < 4.78 is 0. The molecule has 1 heterocycles. The van der Waals surface area contributed by atoms with Gasteiger partial charge in [-0.3, -0.25) is 9.78 Å². The lowest BCUT2D eigenvalue weighted by Crippen LogP contribution is -2.34. The standard InChI is InChI=1S/C19H26N2.C13H17NO.C6H14/c1-3-9-18(10-4-2)21(19-12-6-5-7-13-19)16-17-11-8-14-20-15-17;1-9(2)13(12(5)15)11(4)8-10(3)6-7-14;1-4-5-6(2)3/h5-8,11-15,18H,3-4,9-10,16H2,1-2H3;8H,1,6H2,2-5H3;6H,4-5H2,1-3H3/b;10-8+,13-11+;. The van der Waals surface area contributed by atoms with E-state index in [9.17, 15) is 4.79 Å². The van der Waals surface area contributed by atoms with E-state index in [1.54, 1.807) is 0 Å². The van der Waals surface area contributed by atoms with Crippen molar-refractivity contribution in [2.45, 2.75) is 120 Å². The van der Waals surface area contributed by atoms with Crippen LogP contribution >= 0.6 is 0 Å². The summed E-state index contributed by atoms with van der Waals surface area (Å²) in [5.74, 6) is 0.913. The zero-order valence-corrected chi connectivity index (χ0v) is 28.0. The first-order valence-corrected chi connectivity index (χ1v) is 15.6. The molecule has 230 valence electrons. The van der Waals surface area contributed by atoms with Gasteiger partial charge in [0.2, 0.25) is 0 Å². The SMILES string of the molecule is C=C(C)/C(C(C)=O)=C(C)\C=C(/C)CC#N.CCCC(C)C.CCCC(CCC)N(Cc1cccnc1)c1ccccc1. The van der Waals surface area contributed by atoms with Crippen LogP contribution < -0.4 is 4.90 Å². The molecule has 4 nitrogen and oxygen atoms in total. The minimum atomic E-state index is 0.0148. The summed E-state index contributed by atoms with van der Waals surface area (Å²) in [6.07, 6.45) is 13.7. The lowest BCUT2D eigenvalue weighted by atomic mass is 9.98. The molecule has 2 rings (SSSR count). The lowest BCUT2D eigenvalue weighted by Gasteiger charge is -2.34. The molecule has 0 amide bonds. The van der Waals surface area contributed by atoms with Gasteiger partial charge < -0.3 is 4.90 Å². The number of rotatable bonds is 14. The predicted molar refractivity (Wildman–Crippen MR) is 182 cm³/mol. The Morgan fingerprint density at radius 3 is 1.95 bits per heavy atom. The van der Waals surface area contributed by atoms with Crippen LogP contribution in [-0.4, -0.2) is 16.8 Å². The highest BCUT2D eigenvalue weighted by atomic mass is 16.1. The smallest absolute Gasteiger partial charge is 0.160 e. The molecule has 0 radical (unpaired) electrons. The third-order valence-corrected chi connectivity index (χ3v) is 6.71. The molecule has 2 aromatic rings. The van der Waals surface area contributed by atoms with Gasteiger partial charge in [0.15, 0.2) is 5.78 Å². The summed E-state index contributed by atoms with van der Waals surface area (Å²) in [4.78, 5) is 18.2. The van der Waals surface area contributed by atoms with Crippen LogP contribution in [0.5, 0.6) is 0 Å². The van der Waals surface area contributed by atoms with Gasteiger partial charge in [0.1, 0.15) is 0 Å². The molecule has 0 unspecified atom stereocenters. The fourth-order valence-corrected chi connectivity index (χ4v) is 4.97. The van der Waals surface area contributed by atoms with E-state index in [0.717, 1.165) is 29.2 Å². The highest BCUT2D eigenvalue weighted by Crippen LogP contribution is 2.24. The van der Waals surface area contributed by atoms with Gasteiger partial charge in [-0.05, 0) is 81.4 Å². The maximum absolute atomic E-state index is 11.4. The second-order valence-corrected chi connectivity index (χ2v) is 11.5. The van der Waals surface area contributed by atoms with E-state index in [2.05, 4.69) is 93.5 Å². The van der Waals surface area contributed by atoms with Crippen LogP contribution in [0.2, 0.25) is 0 Å². The second kappa shape index (κ2) is 23.1. The van der Waals surface area contributed by atoms with E-state index in [-0.39, 0.29) is 5.78 Å². The Labute approximate surface area is 258 Å². The molecule has 0 N–H and O–H groups in total. The molecule has 0 atom stereocenters. The molecule has 0 aliphatic rings. The zero-order valence-electron chi connectivity index (χ0n) is 28.0. The van der Waals surface area contributed by atoms with Crippen molar-refractivity contribution >= 4 is 11.5 Å². The van der Waals surface area contributed by atoms with Crippen LogP contribution in [0.4, 0.5) is 5.69 Å². The van der Waals surface area contributed by atoms with Crippen LogP contribution in [0.15, 0.2) is 89.8 Å². The van der Waals surface area contributed by atoms with Crippen molar-refractivity contribution in [2.75, 3.05) is 4.90 Å². The van der Waals surface area contributed by atoms with Gasteiger partial charge in [0.05, 0.1) is 12.5 Å². The van der Waals surface area contributed by atoms with Gasteiger partial charge in [-0.2, -0.15) is 5.26 Å². The average Bonchev–Trinajstić information content (AvgIpc) is 2.93. The number of allylic oxidation sites excluding steroid dienone is 5. The van der Waals surface area contributed by atoms with Crippen molar-refractivity contribution < 1.29 is 4.79 Å². The van der Waals surface area contributed by atoms with Gasteiger partial charge in [0, 0.05) is 36.2 Å². The molecule has 1 aromatic carbocycles. The zero-order chi connectivity index (χ0) is 31.9. The minimum absolute atomic E-state index is 0.0148. The van der Waals surface area contributed by atoms with Gasteiger partial charge >= 0.3 is 0 Å². The number of para-hydroxylation sites is 1. The van der Waals surface area contributed by atoms with Crippen molar-refractivity contribution in [3.05, 3.63) is 95.4 Å². The Balaban J connectivity index is 0.000000699. The highest BCUT2D eigenvalue weighted by molar-refractivity contribution is 5.98. The largest absolute Gasteiger partial charge is 0.364 e. The average molecular weight is 572 g/mol. The maximum atomic E-state index is 11.4. The molecule has 1 aromatic heterocycles. The Hall–Kier alpha value is -3.45.